The molecule has 3 aromatic carbocycles. The van der Waals surface area contributed by atoms with Crippen molar-refractivity contribution in [3.05, 3.63) is 76.8 Å². The molecule has 22 heavy (non-hydrogen) atoms. The lowest BCUT2D eigenvalue weighted by molar-refractivity contribution is 0.112. The van der Waals surface area contributed by atoms with Crippen molar-refractivity contribution >= 4 is 44.0 Å². The molecule has 0 N–H and O–H groups in total. The molecule has 0 bridgehead atoms. The molecule has 0 aliphatic carbocycles. The Morgan fingerprint density at radius 3 is 2.32 bits per heavy atom. The third kappa shape index (κ3) is 1.97. The molecule has 3 heteroatoms. The van der Waals surface area contributed by atoms with Crippen molar-refractivity contribution in [3.8, 4) is 5.69 Å². The average molecular weight is 350 g/mol. The van der Waals surface area contributed by atoms with E-state index >= 15 is 0 Å². The first-order valence-electron chi connectivity index (χ1n) is 7.02. The molecule has 4 rings (SSSR count). The van der Waals surface area contributed by atoms with Gasteiger partial charge in [0.15, 0.2) is 0 Å². The molecule has 0 saturated carbocycles. The van der Waals surface area contributed by atoms with Gasteiger partial charge < -0.3 is 4.57 Å². The minimum atomic E-state index is 0.700. The van der Waals surface area contributed by atoms with Gasteiger partial charge in [0, 0.05) is 26.5 Å². The molecule has 0 atom stereocenters. The van der Waals surface area contributed by atoms with Gasteiger partial charge in [-0.2, -0.15) is 0 Å². The van der Waals surface area contributed by atoms with Crippen LogP contribution in [-0.2, 0) is 0 Å². The number of hydrogen-bond donors (Lipinski definition) is 0. The van der Waals surface area contributed by atoms with Crippen LogP contribution in [0.3, 0.4) is 0 Å². The second-order valence-corrected chi connectivity index (χ2v) is 6.14. The smallest absolute Gasteiger partial charge is 0.150 e. The minimum absolute atomic E-state index is 0.700. The first kappa shape index (κ1) is 13.3. The van der Waals surface area contributed by atoms with Crippen molar-refractivity contribution in [1.82, 2.24) is 4.57 Å². The SMILES string of the molecule is O=Cc1ccc2c(c1)c1ccccc1n2-c1ccc(Br)cc1. The van der Waals surface area contributed by atoms with Gasteiger partial charge in [0.05, 0.1) is 11.0 Å². The molecule has 4 aromatic rings. The molecule has 106 valence electrons. The third-order valence-corrected chi connectivity index (χ3v) is 4.45. The van der Waals surface area contributed by atoms with E-state index in [1.54, 1.807) is 0 Å². The van der Waals surface area contributed by atoms with Crippen molar-refractivity contribution in [1.29, 1.82) is 0 Å². The highest BCUT2D eigenvalue weighted by molar-refractivity contribution is 9.10. The number of nitrogens with zero attached hydrogens (tertiary/aromatic N) is 1. The predicted octanol–water partition coefficient (Wildman–Crippen LogP) is 5.36. The number of aromatic nitrogens is 1. The Hall–Kier alpha value is -2.39. The molecule has 0 aliphatic heterocycles. The number of para-hydroxylation sites is 1. The minimum Gasteiger partial charge on any atom is -0.309 e. The van der Waals surface area contributed by atoms with E-state index in [0.717, 1.165) is 38.3 Å². The summed E-state index contributed by atoms with van der Waals surface area (Å²) in [5, 5.41) is 2.26. The normalized spacial score (nSPS) is 11.1. The molecule has 0 saturated heterocycles. The Bertz CT molecular complexity index is 999. The van der Waals surface area contributed by atoms with Crippen LogP contribution in [0, 0.1) is 0 Å². The van der Waals surface area contributed by atoms with Gasteiger partial charge >= 0.3 is 0 Å². The number of halogens is 1. The molecule has 2 nitrogen and oxygen atoms in total. The van der Waals surface area contributed by atoms with Crippen LogP contribution in [0.25, 0.3) is 27.5 Å². The Balaban J connectivity index is 2.15. The van der Waals surface area contributed by atoms with Crippen LogP contribution >= 0.6 is 15.9 Å². The fourth-order valence-corrected chi connectivity index (χ4v) is 3.20. The van der Waals surface area contributed by atoms with Crippen LogP contribution in [0.2, 0.25) is 0 Å². The number of aldehydes is 1. The van der Waals surface area contributed by atoms with Gasteiger partial charge in [-0.1, -0.05) is 34.1 Å². The highest BCUT2D eigenvalue weighted by atomic mass is 79.9. The van der Waals surface area contributed by atoms with Crippen LogP contribution < -0.4 is 0 Å². The van der Waals surface area contributed by atoms with Gasteiger partial charge in [0.25, 0.3) is 0 Å². The molecule has 1 aromatic heterocycles. The summed E-state index contributed by atoms with van der Waals surface area (Å²) in [6, 6.07) is 22.4. The van der Waals surface area contributed by atoms with Crippen molar-refractivity contribution in [2.75, 3.05) is 0 Å². The second kappa shape index (κ2) is 5.11. The van der Waals surface area contributed by atoms with Gasteiger partial charge in [-0.3, -0.25) is 4.79 Å². The fourth-order valence-electron chi connectivity index (χ4n) is 2.93. The lowest BCUT2D eigenvalue weighted by atomic mass is 10.1. The van der Waals surface area contributed by atoms with E-state index in [1.165, 1.54) is 0 Å². The summed E-state index contributed by atoms with van der Waals surface area (Å²) in [7, 11) is 0. The summed E-state index contributed by atoms with van der Waals surface area (Å²) >= 11 is 3.48. The topological polar surface area (TPSA) is 22.0 Å². The second-order valence-electron chi connectivity index (χ2n) is 5.22. The zero-order chi connectivity index (χ0) is 15.1. The van der Waals surface area contributed by atoms with E-state index in [9.17, 15) is 4.79 Å². The van der Waals surface area contributed by atoms with Crippen molar-refractivity contribution in [2.45, 2.75) is 0 Å². The monoisotopic (exact) mass is 349 g/mol. The summed E-state index contributed by atoms with van der Waals surface area (Å²) in [4.78, 5) is 11.1. The van der Waals surface area contributed by atoms with Crippen LogP contribution in [0.1, 0.15) is 10.4 Å². The quantitative estimate of drug-likeness (QED) is 0.446. The summed E-state index contributed by atoms with van der Waals surface area (Å²) in [6.07, 6.45) is 0.894. The third-order valence-electron chi connectivity index (χ3n) is 3.92. The fraction of sp³-hybridized carbons (Fsp3) is 0. The van der Waals surface area contributed by atoms with Crippen molar-refractivity contribution in [2.24, 2.45) is 0 Å². The van der Waals surface area contributed by atoms with E-state index in [-0.39, 0.29) is 0 Å². The standard InChI is InChI=1S/C19H12BrNO/c20-14-6-8-15(9-7-14)21-18-4-2-1-3-16(18)17-11-13(12-22)5-10-19(17)21/h1-12H. The number of fused-ring (bicyclic) bond motifs is 3. The lowest BCUT2D eigenvalue weighted by Gasteiger charge is -2.07. The predicted molar refractivity (Wildman–Crippen MR) is 93.9 cm³/mol. The van der Waals surface area contributed by atoms with E-state index < -0.39 is 0 Å². The van der Waals surface area contributed by atoms with E-state index in [0.29, 0.717) is 5.56 Å². The molecule has 0 spiro atoms. The summed E-state index contributed by atoms with van der Waals surface area (Å²) in [5.74, 6) is 0. The maximum atomic E-state index is 11.1. The zero-order valence-corrected chi connectivity index (χ0v) is 13.2. The molecular weight excluding hydrogens is 338 g/mol. The molecule has 0 unspecified atom stereocenters. The first-order chi connectivity index (χ1) is 10.8. The summed E-state index contributed by atoms with van der Waals surface area (Å²) in [5.41, 5.74) is 4.05. The van der Waals surface area contributed by atoms with E-state index in [4.69, 9.17) is 0 Å². The largest absolute Gasteiger partial charge is 0.309 e. The average Bonchev–Trinajstić information content (AvgIpc) is 2.89. The van der Waals surface area contributed by atoms with Crippen LogP contribution in [0.4, 0.5) is 0 Å². The molecule has 0 aliphatic rings. The summed E-state index contributed by atoms with van der Waals surface area (Å²) in [6.45, 7) is 0. The Labute approximate surface area is 136 Å². The Kier molecular flexibility index (Phi) is 3.09. The number of benzene rings is 3. The first-order valence-corrected chi connectivity index (χ1v) is 7.81. The van der Waals surface area contributed by atoms with Gasteiger partial charge in [-0.25, -0.2) is 0 Å². The van der Waals surface area contributed by atoms with E-state index in [1.807, 2.05) is 42.5 Å². The van der Waals surface area contributed by atoms with Crippen LogP contribution in [0.15, 0.2) is 71.2 Å². The molecule has 0 radical (unpaired) electrons. The maximum Gasteiger partial charge on any atom is 0.150 e. The highest BCUT2D eigenvalue weighted by Gasteiger charge is 2.12. The lowest BCUT2D eigenvalue weighted by Crippen LogP contribution is -1.93. The highest BCUT2D eigenvalue weighted by Crippen LogP contribution is 2.32. The zero-order valence-electron chi connectivity index (χ0n) is 11.7. The Morgan fingerprint density at radius 2 is 1.55 bits per heavy atom. The maximum absolute atomic E-state index is 11.1. The van der Waals surface area contributed by atoms with Crippen molar-refractivity contribution in [3.63, 3.8) is 0 Å². The number of carbonyl (C=O) groups is 1. The van der Waals surface area contributed by atoms with Gasteiger partial charge in [-0.05, 0) is 48.5 Å². The summed E-state index contributed by atoms with van der Waals surface area (Å²) < 4.78 is 3.28. The van der Waals surface area contributed by atoms with Crippen LogP contribution in [-0.4, -0.2) is 10.9 Å². The molecule has 1 heterocycles. The van der Waals surface area contributed by atoms with Gasteiger partial charge in [0.2, 0.25) is 0 Å². The Morgan fingerprint density at radius 1 is 0.818 bits per heavy atom. The number of carbonyl (C=O) groups excluding carboxylic acids is 1. The van der Waals surface area contributed by atoms with E-state index in [2.05, 4.69) is 44.8 Å². The van der Waals surface area contributed by atoms with Gasteiger partial charge in [-0.15, -0.1) is 0 Å². The van der Waals surface area contributed by atoms with Crippen molar-refractivity contribution < 1.29 is 4.79 Å². The molecule has 0 amide bonds. The molecular formula is C19H12BrNO. The number of hydrogen-bond acceptors (Lipinski definition) is 1. The molecule has 0 fully saturated rings. The van der Waals surface area contributed by atoms with Crippen LogP contribution in [0.5, 0.6) is 0 Å². The van der Waals surface area contributed by atoms with Gasteiger partial charge in [0.1, 0.15) is 6.29 Å². The number of rotatable bonds is 2.